The summed E-state index contributed by atoms with van der Waals surface area (Å²) in [6, 6.07) is 11.9. The summed E-state index contributed by atoms with van der Waals surface area (Å²) in [7, 11) is 1.75. The van der Waals surface area contributed by atoms with E-state index in [9.17, 15) is 0 Å². The lowest BCUT2D eigenvalue weighted by atomic mass is 10.1. The maximum atomic E-state index is 6.03. The van der Waals surface area contributed by atoms with Crippen LogP contribution in [0.25, 0.3) is 11.6 Å². The molecular weight excluding hydrogens is 404 g/mol. The van der Waals surface area contributed by atoms with Gasteiger partial charge in [0.1, 0.15) is 11.4 Å². The molecule has 0 saturated heterocycles. The van der Waals surface area contributed by atoms with Crippen LogP contribution in [0.5, 0.6) is 5.75 Å². The Labute approximate surface area is 189 Å². The van der Waals surface area contributed by atoms with E-state index in [1.165, 1.54) is 18.4 Å². The second-order valence-corrected chi connectivity index (χ2v) is 7.50. The van der Waals surface area contributed by atoms with E-state index in [0.29, 0.717) is 42.9 Å². The van der Waals surface area contributed by atoms with Gasteiger partial charge in [-0.3, -0.25) is 9.98 Å². The van der Waals surface area contributed by atoms with Crippen molar-refractivity contribution >= 4 is 5.96 Å². The molecule has 0 unspecified atom stereocenters. The number of hydrogen-bond donors (Lipinski definition) is 2. The summed E-state index contributed by atoms with van der Waals surface area (Å²) >= 11 is 0. The minimum Gasteiger partial charge on any atom is -0.493 e. The van der Waals surface area contributed by atoms with Crippen molar-refractivity contribution in [3.05, 3.63) is 59.5 Å². The molecule has 32 heavy (non-hydrogen) atoms. The Kier molecular flexibility index (Phi) is 9.04. The van der Waals surface area contributed by atoms with E-state index in [1.807, 2.05) is 18.2 Å². The molecule has 0 aliphatic carbocycles. The fraction of sp³-hybridized carbons (Fsp3) is 0.417. The maximum absolute atomic E-state index is 6.03. The predicted molar refractivity (Wildman–Crippen MR) is 126 cm³/mol. The van der Waals surface area contributed by atoms with Crippen LogP contribution in [-0.4, -0.2) is 41.3 Å². The fourth-order valence-electron chi connectivity index (χ4n) is 3.12. The summed E-state index contributed by atoms with van der Waals surface area (Å²) < 4.78 is 11.3. The number of benzene rings is 1. The van der Waals surface area contributed by atoms with Crippen LogP contribution < -0.4 is 15.4 Å². The lowest BCUT2D eigenvalue weighted by Gasteiger charge is -2.15. The topological polar surface area (TPSA) is 97.5 Å². The van der Waals surface area contributed by atoms with E-state index in [-0.39, 0.29) is 0 Å². The normalized spacial score (nSPS) is 11.4. The number of nitrogens with one attached hydrogen (secondary N) is 2. The summed E-state index contributed by atoms with van der Waals surface area (Å²) in [5.74, 6) is 2.68. The molecule has 8 nitrogen and oxygen atoms in total. The first-order valence-corrected chi connectivity index (χ1v) is 11.1. The Hall–Kier alpha value is -3.42. The van der Waals surface area contributed by atoms with Gasteiger partial charge in [0.15, 0.2) is 11.8 Å². The Balaban J connectivity index is 1.48. The van der Waals surface area contributed by atoms with Crippen LogP contribution in [-0.2, 0) is 13.0 Å². The molecule has 0 atom stereocenters. The van der Waals surface area contributed by atoms with Crippen LogP contribution in [0.15, 0.2) is 52.1 Å². The number of guanidine groups is 1. The number of hydrogen-bond acceptors (Lipinski definition) is 6. The number of aromatic nitrogens is 3. The summed E-state index contributed by atoms with van der Waals surface area (Å²) in [6.07, 6.45) is 5.74. The van der Waals surface area contributed by atoms with E-state index < -0.39 is 0 Å². The van der Waals surface area contributed by atoms with Gasteiger partial charge in [0.05, 0.1) is 6.61 Å². The number of pyridine rings is 1. The van der Waals surface area contributed by atoms with Crippen LogP contribution >= 0.6 is 0 Å². The standard InChI is InChI=1S/C24H32N6O2/c1-4-5-8-15-31-21-16-18(2)10-11-19(21)17-28-24(25-3)27-14-12-22-29-23(32-30-22)20-9-6-7-13-26-20/h6-7,9-11,13,16H,4-5,8,12,14-15,17H2,1-3H3,(H2,25,27,28). The quantitative estimate of drug-likeness (QED) is 0.267. The zero-order valence-electron chi connectivity index (χ0n) is 19.1. The predicted octanol–water partition coefficient (Wildman–Crippen LogP) is 3.92. The second kappa shape index (κ2) is 12.4. The van der Waals surface area contributed by atoms with Gasteiger partial charge in [0.25, 0.3) is 5.89 Å². The lowest BCUT2D eigenvalue weighted by Crippen LogP contribution is -2.38. The monoisotopic (exact) mass is 436 g/mol. The molecule has 0 spiro atoms. The first-order chi connectivity index (χ1) is 15.7. The molecule has 0 saturated carbocycles. The van der Waals surface area contributed by atoms with Gasteiger partial charge in [-0.05, 0) is 37.1 Å². The van der Waals surface area contributed by atoms with Gasteiger partial charge in [-0.25, -0.2) is 0 Å². The highest BCUT2D eigenvalue weighted by atomic mass is 16.5. The Bertz CT molecular complexity index is 987. The average Bonchev–Trinajstić information content (AvgIpc) is 3.29. The molecule has 0 aliphatic rings. The van der Waals surface area contributed by atoms with Crippen LogP contribution in [0.3, 0.4) is 0 Å². The third-order valence-electron chi connectivity index (χ3n) is 4.89. The van der Waals surface area contributed by atoms with Gasteiger partial charge >= 0.3 is 0 Å². The van der Waals surface area contributed by atoms with Crippen molar-refractivity contribution in [3.8, 4) is 17.3 Å². The first kappa shape index (κ1) is 23.2. The molecular formula is C24H32N6O2. The molecule has 0 amide bonds. The highest BCUT2D eigenvalue weighted by Crippen LogP contribution is 2.21. The zero-order chi connectivity index (χ0) is 22.6. The largest absolute Gasteiger partial charge is 0.493 e. The van der Waals surface area contributed by atoms with Crippen molar-refractivity contribution in [2.24, 2.45) is 4.99 Å². The molecule has 2 heterocycles. The van der Waals surface area contributed by atoms with Crippen molar-refractivity contribution in [2.45, 2.75) is 46.1 Å². The SMILES string of the molecule is CCCCCOc1cc(C)ccc1CNC(=NC)NCCc1noc(-c2ccccn2)n1. The van der Waals surface area contributed by atoms with E-state index in [0.717, 1.165) is 24.3 Å². The molecule has 0 aliphatic heterocycles. The number of aliphatic imine (C=N–C) groups is 1. The first-order valence-electron chi connectivity index (χ1n) is 11.1. The Morgan fingerprint density at radius 2 is 2.06 bits per heavy atom. The van der Waals surface area contributed by atoms with Gasteiger partial charge in [0.2, 0.25) is 0 Å². The van der Waals surface area contributed by atoms with Gasteiger partial charge < -0.3 is 19.9 Å². The molecule has 0 fully saturated rings. The van der Waals surface area contributed by atoms with E-state index in [1.54, 1.807) is 13.2 Å². The van der Waals surface area contributed by atoms with E-state index in [2.05, 4.69) is 62.8 Å². The van der Waals surface area contributed by atoms with Crippen LogP contribution in [0, 0.1) is 6.92 Å². The highest BCUT2D eigenvalue weighted by Gasteiger charge is 2.10. The summed E-state index contributed by atoms with van der Waals surface area (Å²) in [5, 5.41) is 10.7. The van der Waals surface area contributed by atoms with Gasteiger partial charge in [-0.1, -0.05) is 43.1 Å². The maximum Gasteiger partial charge on any atom is 0.276 e. The van der Waals surface area contributed by atoms with Crippen molar-refractivity contribution < 1.29 is 9.26 Å². The number of aryl methyl sites for hydroxylation is 1. The number of rotatable bonds is 11. The fourth-order valence-corrected chi connectivity index (χ4v) is 3.12. The molecule has 3 aromatic rings. The summed E-state index contributed by atoms with van der Waals surface area (Å²) in [5.41, 5.74) is 2.96. The average molecular weight is 437 g/mol. The Morgan fingerprint density at radius 1 is 1.16 bits per heavy atom. The molecule has 3 rings (SSSR count). The number of ether oxygens (including phenoxy) is 1. The van der Waals surface area contributed by atoms with Gasteiger partial charge in [-0.2, -0.15) is 4.98 Å². The third-order valence-corrected chi connectivity index (χ3v) is 4.89. The summed E-state index contributed by atoms with van der Waals surface area (Å²) in [4.78, 5) is 12.9. The van der Waals surface area contributed by atoms with Crippen molar-refractivity contribution in [2.75, 3.05) is 20.2 Å². The molecule has 2 aromatic heterocycles. The van der Waals surface area contributed by atoms with Gasteiger partial charge in [-0.15, -0.1) is 0 Å². The third kappa shape index (κ3) is 7.08. The number of unbranched alkanes of at least 4 members (excludes halogenated alkanes) is 2. The smallest absolute Gasteiger partial charge is 0.276 e. The van der Waals surface area contributed by atoms with Crippen LogP contribution in [0.1, 0.15) is 43.1 Å². The molecule has 170 valence electrons. The van der Waals surface area contributed by atoms with E-state index >= 15 is 0 Å². The molecule has 2 N–H and O–H groups in total. The summed E-state index contributed by atoms with van der Waals surface area (Å²) in [6.45, 7) is 6.25. The van der Waals surface area contributed by atoms with Crippen LogP contribution in [0.4, 0.5) is 0 Å². The molecule has 8 heteroatoms. The number of nitrogens with zero attached hydrogens (tertiary/aromatic N) is 4. The minimum atomic E-state index is 0.425. The lowest BCUT2D eigenvalue weighted by molar-refractivity contribution is 0.303. The highest BCUT2D eigenvalue weighted by molar-refractivity contribution is 5.79. The van der Waals surface area contributed by atoms with Crippen molar-refractivity contribution in [3.63, 3.8) is 0 Å². The minimum absolute atomic E-state index is 0.425. The van der Waals surface area contributed by atoms with Gasteiger partial charge in [0, 0.05) is 38.3 Å². The Morgan fingerprint density at radius 3 is 2.84 bits per heavy atom. The zero-order valence-corrected chi connectivity index (χ0v) is 19.1. The van der Waals surface area contributed by atoms with Crippen molar-refractivity contribution in [1.82, 2.24) is 25.8 Å². The van der Waals surface area contributed by atoms with E-state index in [4.69, 9.17) is 9.26 Å². The molecule has 1 aromatic carbocycles. The molecule has 0 radical (unpaired) electrons. The second-order valence-electron chi connectivity index (χ2n) is 7.50. The van der Waals surface area contributed by atoms with Crippen LogP contribution in [0.2, 0.25) is 0 Å². The molecule has 0 bridgehead atoms. The van der Waals surface area contributed by atoms with Crippen molar-refractivity contribution in [1.29, 1.82) is 0 Å².